The Morgan fingerprint density at radius 1 is 1.03 bits per heavy atom. The number of carbonyl (C=O) groups excluding carboxylic acids is 2. The van der Waals surface area contributed by atoms with E-state index in [-0.39, 0.29) is 49.1 Å². The van der Waals surface area contributed by atoms with Crippen molar-refractivity contribution in [3.8, 4) is 11.5 Å². The average molecular weight is 465 g/mol. The zero-order chi connectivity index (χ0) is 20.7. The largest absolute Gasteiger partial charge is 0.497 e. The van der Waals surface area contributed by atoms with Crippen LogP contribution in [-0.4, -0.2) is 74.6 Å². The topological polar surface area (TPSA) is 97.1 Å². The standard InChI is InChI=1S/C20H32N4O4.2ClH/c1-14(2)19(21)20(26)22-12-18(25)24-7-5-23(6-8-24)13-15-9-16(27-3)11-17(10-15)28-4;;/h9-11,14,19H,5-8,12-13,21H2,1-4H3,(H,22,26);2*1H/t19-;;/m0../s1. The number of methoxy groups -OCH3 is 2. The summed E-state index contributed by atoms with van der Waals surface area (Å²) >= 11 is 0. The minimum atomic E-state index is -0.593. The van der Waals surface area contributed by atoms with Crippen LogP contribution in [0.2, 0.25) is 0 Å². The second-order valence-electron chi connectivity index (χ2n) is 7.37. The lowest BCUT2D eigenvalue weighted by Gasteiger charge is -2.35. The van der Waals surface area contributed by atoms with Crippen molar-refractivity contribution in [1.82, 2.24) is 15.1 Å². The number of carbonyl (C=O) groups is 2. The molecule has 10 heteroatoms. The Morgan fingerprint density at radius 2 is 1.57 bits per heavy atom. The molecule has 172 valence electrons. The van der Waals surface area contributed by atoms with E-state index in [4.69, 9.17) is 15.2 Å². The molecule has 1 saturated heterocycles. The molecule has 1 aliphatic heterocycles. The van der Waals surface area contributed by atoms with Gasteiger partial charge in [0.15, 0.2) is 0 Å². The number of nitrogens with zero attached hydrogens (tertiary/aromatic N) is 2. The molecule has 0 aliphatic carbocycles. The van der Waals surface area contributed by atoms with E-state index < -0.39 is 6.04 Å². The molecule has 1 aromatic carbocycles. The van der Waals surface area contributed by atoms with Crippen LogP contribution in [0.5, 0.6) is 11.5 Å². The second-order valence-corrected chi connectivity index (χ2v) is 7.37. The van der Waals surface area contributed by atoms with Gasteiger partial charge in [-0.3, -0.25) is 14.5 Å². The molecule has 0 radical (unpaired) electrons. The maximum absolute atomic E-state index is 12.3. The monoisotopic (exact) mass is 464 g/mol. The minimum absolute atomic E-state index is 0. The molecule has 0 spiro atoms. The highest BCUT2D eigenvalue weighted by Gasteiger charge is 2.23. The Balaban J connectivity index is 0.00000420. The van der Waals surface area contributed by atoms with Gasteiger partial charge in [-0.2, -0.15) is 0 Å². The summed E-state index contributed by atoms with van der Waals surface area (Å²) in [6.45, 7) is 7.31. The summed E-state index contributed by atoms with van der Waals surface area (Å²) in [6.07, 6.45) is 0. The molecule has 8 nitrogen and oxygen atoms in total. The number of hydrogen-bond acceptors (Lipinski definition) is 6. The van der Waals surface area contributed by atoms with Crippen LogP contribution < -0.4 is 20.5 Å². The molecule has 1 atom stereocenters. The summed E-state index contributed by atoms with van der Waals surface area (Å²) in [4.78, 5) is 28.3. The SMILES string of the molecule is COc1cc(CN2CCN(C(=O)CNC(=O)[C@@H](N)C(C)C)CC2)cc(OC)c1.Cl.Cl. The Hall–Kier alpha value is -1.74. The highest BCUT2D eigenvalue weighted by Crippen LogP contribution is 2.23. The van der Waals surface area contributed by atoms with Gasteiger partial charge in [0.1, 0.15) is 11.5 Å². The van der Waals surface area contributed by atoms with Crippen molar-refractivity contribution >= 4 is 36.6 Å². The van der Waals surface area contributed by atoms with E-state index in [1.807, 2.05) is 32.0 Å². The molecule has 30 heavy (non-hydrogen) atoms. The lowest BCUT2D eigenvalue weighted by molar-refractivity contribution is -0.134. The molecule has 1 heterocycles. The zero-order valence-corrected chi connectivity index (χ0v) is 19.7. The number of nitrogens with two attached hydrogens (primary N) is 1. The van der Waals surface area contributed by atoms with Crippen LogP contribution in [0.4, 0.5) is 0 Å². The van der Waals surface area contributed by atoms with Crippen molar-refractivity contribution < 1.29 is 19.1 Å². The molecule has 1 fully saturated rings. The van der Waals surface area contributed by atoms with E-state index in [1.165, 1.54) is 0 Å². The number of piperazine rings is 1. The third-order valence-electron chi connectivity index (χ3n) is 4.98. The summed E-state index contributed by atoms with van der Waals surface area (Å²) in [5.41, 5.74) is 6.90. The van der Waals surface area contributed by atoms with Crippen molar-refractivity contribution in [2.45, 2.75) is 26.4 Å². The molecule has 0 aromatic heterocycles. The van der Waals surface area contributed by atoms with Gasteiger partial charge in [-0.1, -0.05) is 13.8 Å². The van der Waals surface area contributed by atoms with Gasteiger partial charge in [0.05, 0.1) is 26.8 Å². The maximum atomic E-state index is 12.3. The van der Waals surface area contributed by atoms with Gasteiger partial charge >= 0.3 is 0 Å². The third kappa shape index (κ3) is 8.18. The molecular formula is C20H34Cl2N4O4. The summed E-state index contributed by atoms with van der Waals surface area (Å²) < 4.78 is 10.6. The van der Waals surface area contributed by atoms with E-state index in [0.717, 1.165) is 36.7 Å². The lowest BCUT2D eigenvalue weighted by Crippen LogP contribution is -2.52. The van der Waals surface area contributed by atoms with Gasteiger partial charge in [-0.15, -0.1) is 24.8 Å². The first-order valence-corrected chi connectivity index (χ1v) is 9.59. The Kier molecular flexibility index (Phi) is 12.8. The van der Waals surface area contributed by atoms with Crippen molar-refractivity contribution in [1.29, 1.82) is 0 Å². The summed E-state index contributed by atoms with van der Waals surface area (Å²) in [7, 11) is 3.27. The van der Waals surface area contributed by atoms with Crippen LogP contribution in [-0.2, 0) is 16.1 Å². The molecule has 1 aliphatic rings. The lowest BCUT2D eigenvalue weighted by atomic mass is 10.1. The van der Waals surface area contributed by atoms with Crippen LogP contribution in [0.1, 0.15) is 19.4 Å². The number of ether oxygens (including phenoxy) is 2. The van der Waals surface area contributed by atoms with E-state index >= 15 is 0 Å². The van der Waals surface area contributed by atoms with Gasteiger partial charge < -0.3 is 25.4 Å². The third-order valence-corrected chi connectivity index (χ3v) is 4.98. The molecule has 3 N–H and O–H groups in total. The second kappa shape index (κ2) is 13.5. The van der Waals surface area contributed by atoms with E-state index in [9.17, 15) is 9.59 Å². The summed E-state index contributed by atoms with van der Waals surface area (Å²) in [5, 5.41) is 2.64. The van der Waals surface area contributed by atoms with Crippen LogP contribution in [0, 0.1) is 5.92 Å². The Labute approximate surface area is 191 Å². The fourth-order valence-corrected chi connectivity index (χ4v) is 3.07. The van der Waals surface area contributed by atoms with E-state index in [0.29, 0.717) is 13.1 Å². The van der Waals surface area contributed by atoms with Crippen LogP contribution >= 0.6 is 24.8 Å². The molecule has 2 amide bonds. The molecule has 0 bridgehead atoms. The number of benzene rings is 1. The van der Waals surface area contributed by atoms with Gasteiger partial charge in [0, 0.05) is 38.8 Å². The predicted molar refractivity (Wildman–Crippen MR) is 122 cm³/mol. The van der Waals surface area contributed by atoms with E-state index in [2.05, 4.69) is 10.2 Å². The Bertz CT molecular complexity index is 661. The number of halogens is 2. The van der Waals surface area contributed by atoms with Gasteiger partial charge in [0.25, 0.3) is 0 Å². The fourth-order valence-electron chi connectivity index (χ4n) is 3.07. The first-order chi connectivity index (χ1) is 13.3. The summed E-state index contributed by atoms with van der Waals surface area (Å²) in [6, 6.07) is 5.24. The number of amides is 2. The first kappa shape index (κ1) is 28.3. The first-order valence-electron chi connectivity index (χ1n) is 9.59. The smallest absolute Gasteiger partial charge is 0.242 e. The van der Waals surface area contributed by atoms with Crippen molar-refractivity contribution in [3.63, 3.8) is 0 Å². The van der Waals surface area contributed by atoms with Crippen molar-refractivity contribution in [2.75, 3.05) is 46.9 Å². The quantitative estimate of drug-likeness (QED) is 0.601. The number of hydrogen-bond donors (Lipinski definition) is 2. The van der Waals surface area contributed by atoms with Gasteiger partial charge in [-0.05, 0) is 23.6 Å². The average Bonchev–Trinajstić information content (AvgIpc) is 2.71. The van der Waals surface area contributed by atoms with Crippen LogP contribution in [0.25, 0.3) is 0 Å². The zero-order valence-electron chi connectivity index (χ0n) is 18.1. The highest BCUT2D eigenvalue weighted by atomic mass is 35.5. The molecule has 1 aromatic rings. The van der Waals surface area contributed by atoms with Crippen LogP contribution in [0.15, 0.2) is 18.2 Å². The number of rotatable bonds is 8. The highest BCUT2D eigenvalue weighted by molar-refractivity contribution is 5.87. The molecular weight excluding hydrogens is 431 g/mol. The molecule has 0 unspecified atom stereocenters. The fraction of sp³-hybridized carbons (Fsp3) is 0.600. The molecule has 0 saturated carbocycles. The van der Waals surface area contributed by atoms with Gasteiger partial charge in [0.2, 0.25) is 11.8 Å². The van der Waals surface area contributed by atoms with E-state index in [1.54, 1.807) is 19.1 Å². The minimum Gasteiger partial charge on any atom is -0.497 e. The van der Waals surface area contributed by atoms with Gasteiger partial charge in [-0.25, -0.2) is 0 Å². The van der Waals surface area contributed by atoms with Crippen molar-refractivity contribution in [3.05, 3.63) is 23.8 Å². The summed E-state index contributed by atoms with van der Waals surface area (Å²) in [5.74, 6) is 1.20. The Morgan fingerprint density at radius 3 is 2.03 bits per heavy atom. The number of nitrogens with one attached hydrogen (secondary N) is 1. The molecule has 2 rings (SSSR count). The maximum Gasteiger partial charge on any atom is 0.242 e. The normalized spacial score (nSPS) is 14.9. The van der Waals surface area contributed by atoms with Crippen molar-refractivity contribution in [2.24, 2.45) is 11.7 Å². The van der Waals surface area contributed by atoms with Crippen LogP contribution in [0.3, 0.4) is 0 Å². The predicted octanol–water partition coefficient (Wildman–Crippen LogP) is 1.29.